The molecule has 78 valence electrons. The Morgan fingerprint density at radius 1 is 1.31 bits per heavy atom. The second-order valence-electron chi connectivity index (χ2n) is 3.67. The van der Waals surface area contributed by atoms with Crippen LogP contribution in [0.4, 0.5) is 0 Å². The number of ether oxygens (including phenoxy) is 2. The lowest BCUT2D eigenvalue weighted by molar-refractivity contribution is -0.258. The average Bonchev–Trinajstić information content (AvgIpc) is 2.15. The number of rotatable bonds is 2. The van der Waals surface area contributed by atoms with Gasteiger partial charge in [-0.25, -0.2) is 0 Å². The minimum atomic E-state index is -0.476. The molecule has 5 atom stereocenters. The zero-order chi connectivity index (χ0) is 10.0. The van der Waals surface area contributed by atoms with E-state index in [0.29, 0.717) is 0 Å². The molecule has 0 saturated carbocycles. The monoisotopic (exact) mass is 190 g/mol. The van der Waals surface area contributed by atoms with Gasteiger partial charge in [0.1, 0.15) is 0 Å². The van der Waals surface area contributed by atoms with Crippen molar-refractivity contribution in [1.29, 1.82) is 0 Å². The summed E-state index contributed by atoms with van der Waals surface area (Å²) in [6.07, 6.45) is -1.21. The van der Waals surface area contributed by atoms with E-state index >= 15 is 0 Å². The normalized spacial score (nSPS) is 46.4. The topological polar surface area (TPSA) is 58.9 Å². The maximum atomic E-state index is 9.78. The summed E-state index contributed by atoms with van der Waals surface area (Å²) < 4.78 is 10.5. The molecule has 13 heavy (non-hydrogen) atoms. The molecule has 0 unspecified atom stereocenters. The molecule has 4 nitrogen and oxygen atoms in total. The first kappa shape index (κ1) is 10.9. The Morgan fingerprint density at radius 3 is 2.38 bits per heavy atom. The lowest BCUT2D eigenvalue weighted by Gasteiger charge is -2.41. The van der Waals surface area contributed by atoms with Crippen LogP contribution in [0.1, 0.15) is 13.8 Å². The molecule has 4 heteroatoms. The Kier molecular flexibility index (Phi) is 3.67. The molecule has 1 rings (SSSR count). The van der Waals surface area contributed by atoms with Gasteiger partial charge in [0.25, 0.3) is 0 Å². The first-order chi connectivity index (χ1) is 6.11. The lowest BCUT2D eigenvalue weighted by Crippen LogP contribution is -2.50. The van der Waals surface area contributed by atoms with Crippen molar-refractivity contribution in [3.63, 3.8) is 0 Å². The highest BCUT2D eigenvalue weighted by Gasteiger charge is 2.40. The maximum absolute atomic E-state index is 9.78. The third-order valence-electron chi connectivity index (χ3n) is 2.81. The van der Waals surface area contributed by atoms with Gasteiger partial charge in [-0.05, 0) is 0 Å². The van der Waals surface area contributed by atoms with E-state index in [-0.39, 0.29) is 24.5 Å². The molecule has 0 amide bonds. The predicted molar refractivity (Wildman–Crippen MR) is 47.1 cm³/mol. The molecule has 1 aliphatic rings. The van der Waals surface area contributed by atoms with E-state index in [4.69, 9.17) is 14.6 Å². The molecule has 0 spiro atoms. The molecule has 0 aromatic rings. The smallest absolute Gasteiger partial charge is 0.162 e. The molecule has 1 fully saturated rings. The molecule has 1 aliphatic heterocycles. The van der Waals surface area contributed by atoms with E-state index < -0.39 is 12.4 Å². The summed E-state index contributed by atoms with van der Waals surface area (Å²) in [5.74, 6) is -0.103. The zero-order valence-electron chi connectivity index (χ0n) is 8.30. The van der Waals surface area contributed by atoms with E-state index in [1.807, 2.05) is 13.8 Å². The quantitative estimate of drug-likeness (QED) is 0.642. The maximum Gasteiger partial charge on any atom is 0.162 e. The van der Waals surface area contributed by atoms with Crippen LogP contribution in [0.25, 0.3) is 0 Å². The van der Waals surface area contributed by atoms with Crippen molar-refractivity contribution in [2.24, 2.45) is 11.8 Å². The molecular weight excluding hydrogens is 172 g/mol. The first-order valence-electron chi connectivity index (χ1n) is 4.59. The molecule has 0 bridgehead atoms. The van der Waals surface area contributed by atoms with E-state index in [1.165, 1.54) is 7.11 Å². The Bertz CT molecular complexity index is 142. The molecule has 0 radical (unpaired) electrons. The second-order valence-corrected chi connectivity index (χ2v) is 3.67. The summed E-state index contributed by atoms with van der Waals surface area (Å²) in [5, 5.41) is 18.8. The number of hydrogen-bond acceptors (Lipinski definition) is 4. The van der Waals surface area contributed by atoms with Gasteiger partial charge in [0.2, 0.25) is 0 Å². The van der Waals surface area contributed by atoms with Crippen molar-refractivity contribution in [1.82, 2.24) is 0 Å². The van der Waals surface area contributed by atoms with E-state index in [0.717, 1.165) is 0 Å². The number of aliphatic hydroxyl groups excluding tert-OH is 2. The Morgan fingerprint density at radius 2 is 1.92 bits per heavy atom. The first-order valence-corrected chi connectivity index (χ1v) is 4.59. The van der Waals surface area contributed by atoms with Gasteiger partial charge in [0, 0.05) is 18.9 Å². The van der Waals surface area contributed by atoms with E-state index in [1.54, 1.807) is 0 Å². The van der Waals surface area contributed by atoms with Crippen LogP contribution < -0.4 is 0 Å². The van der Waals surface area contributed by atoms with Crippen LogP contribution in [0, 0.1) is 11.8 Å². The fraction of sp³-hybridized carbons (Fsp3) is 1.00. The summed E-state index contributed by atoms with van der Waals surface area (Å²) in [5.41, 5.74) is 0. The van der Waals surface area contributed by atoms with Crippen LogP contribution in [0.5, 0.6) is 0 Å². The van der Waals surface area contributed by atoms with Gasteiger partial charge in [-0.1, -0.05) is 13.8 Å². The third kappa shape index (κ3) is 2.02. The van der Waals surface area contributed by atoms with Gasteiger partial charge in [-0.3, -0.25) is 0 Å². The fourth-order valence-electron chi connectivity index (χ4n) is 1.76. The lowest BCUT2D eigenvalue weighted by atomic mass is 9.86. The van der Waals surface area contributed by atoms with Crippen LogP contribution in [-0.2, 0) is 9.47 Å². The summed E-state index contributed by atoms with van der Waals surface area (Å²) in [6.45, 7) is 3.67. The van der Waals surface area contributed by atoms with Crippen molar-refractivity contribution in [2.75, 3.05) is 13.7 Å². The van der Waals surface area contributed by atoms with Crippen molar-refractivity contribution >= 4 is 0 Å². The second kappa shape index (κ2) is 4.37. The molecule has 1 heterocycles. The van der Waals surface area contributed by atoms with Crippen LogP contribution in [0.2, 0.25) is 0 Å². The van der Waals surface area contributed by atoms with Gasteiger partial charge in [-0.2, -0.15) is 0 Å². The molecular formula is C9H18O4. The van der Waals surface area contributed by atoms with Gasteiger partial charge in [0.05, 0.1) is 18.8 Å². The summed E-state index contributed by atoms with van der Waals surface area (Å²) in [7, 11) is 1.54. The average molecular weight is 190 g/mol. The Hall–Kier alpha value is -0.160. The number of methoxy groups -OCH3 is 1. The van der Waals surface area contributed by atoms with Gasteiger partial charge >= 0.3 is 0 Å². The number of hydrogen-bond donors (Lipinski definition) is 2. The van der Waals surface area contributed by atoms with Crippen molar-refractivity contribution < 1.29 is 19.7 Å². The van der Waals surface area contributed by atoms with Gasteiger partial charge in [-0.15, -0.1) is 0 Å². The van der Waals surface area contributed by atoms with E-state index in [2.05, 4.69) is 0 Å². The zero-order valence-corrected chi connectivity index (χ0v) is 8.30. The SMILES string of the molecule is CO[C@H]1O[C@H](CO)[C@H](C)[C@@H](O)[C@H]1C. The van der Waals surface area contributed by atoms with Crippen LogP contribution in [-0.4, -0.2) is 42.4 Å². The largest absolute Gasteiger partial charge is 0.394 e. The Balaban J connectivity index is 2.66. The third-order valence-corrected chi connectivity index (χ3v) is 2.81. The molecule has 0 aliphatic carbocycles. The highest BCUT2D eigenvalue weighted by Crippen LogP contribution is 2.29. The Labute approximate surface area is 78.5 Å². The minimum absolute atomic E-state index is 0.0496. The fourth-order valence-corrected chi connectivity index (χ4v) is 1.76. The molecule has 1 saturated heterocycles. The predicted octanol–water partition coefficient (Wildman–Crippen LogP) is -0.0169. The summed E-state index contributed by atoms with van der Waals surface area (Å²) in [4.78, 5) is 0. The van der Waals surface area contributed by atoms with Gasteiger partial charge < -0.3 is 19.7 Å². The number of aliphatic hydroxyl groups is 2. The highest BCUT2D eigenvalue weighted by molar-refractivity contribution is 4.84. The van der Waals surface area contributed by atoms with Crippen LogP contribution in [0.3, 0.4) is 0 Å². The molecule has 0 aromatic carbocycles. The molecule has 0 aromatic heterocycles. The standard InChI is InChI=1S/C9H18O4/c1-5-7(4-10)13-9(12-3)6(2)8(5)11/h5-11H,4H2,1-3H3/t5-,6+,7+,8+,9-/m0/s1. The van der Waals surface area contributed by atoms with E-state index in [9.17, 15) is 5.11 Å². The molecule has 2 N–H and O–H groups in total. The van der Waals surface area contributed by atoms with Crippen LogP contribution >= 0.6 is 0 Å². The van der Waals surface area contributed by atoms with Crippen molar-refractivity contribution in [3.05, 3.63) is 0 Å². The van der Waals surface area contributed by atoms with Crippen LogP contribution in [0.15, 0.2) is 0 Å². The minimum Gasteiger partial charge on any atom is -0.394 e. The highest BCUT2D eigenvalue weighted by atomic mass is 16.7. The van der Waals surface area contributed by atoms with Crippen molar-refractivity contribution in [3.8, 4) is 0 Å². The van der Waals surface area contributed by atoms with Gasteiger partial charge in [0.15, 0.2) is 6.29 Å². The summed E-state index contributed by atoms with van der Waals surface area (Å²) in [6, 6.07) is 0. The summed E-state index contributed by atoms with van der Waals surface area (Å²) >= 11 is 0. The van der Waals surface area contributed by atoms with Crippen molar-refractivity contribution in [2.45, 2.75) is 32.3 Å².